The Morgan fingerprint density at radius 3 is 2.48 bits per heavy atom. The zero-order valence-corrected chi connectivity index (χ0v) is 16.4. The Bertz CT molecular complexity index is 842. The maximum absolute atomic E-state index is 7.62. The predicted molar refractivity (Wildman–Crippen MR) is 104 cm³/mol. The van der Waals surface area contributed by atoms with Crippen LogP contribution in [0.15, 0.2) is 48.9 Å². The normalized spacial score (nSPS) is 11.5. The summed E-state index contributed by atoms with van der Waals surface area (Å²) >= 11 is 0. The molecule has 3 rings (SSSR count). The summed E-state index contributed by atoms with van der Waals surface area (Å²) < 4.78 is 13.7. The second-order valence-electron chi connectivity index (χ2n) is 6.03. The second-order valence-corrected chi connectivity index (χ2v) is 10.5. The van der Waals surface area contributed by atoms with E-state index in [1.54, 1.807) is 6.20 Å². The van der Waals surface area contributed by atoms with Crippen molar-refractivity contribution in [3.8, 4) is 0 Å². The largest absolute Gasteiger partial charge is 0.400 e. The molecule has 0 bridgehead atoms. The first-order valence-corrected chi connectivity index (χ1v) is 11.8. The van der Waals surface area contributed by atoms with Gasteiger partial charge in [-0.1, -0.05) is 32.0 Å². The molecule has 6 nitrogen and oxygen atoms in total. The van der Waals surface area contributed by atoms with Gasteiger partial charge in [0.05, 0.1) is 7.57 Å². The molecular formula is C18H25N5OSi. The van der Waals surface area contributed by atoms with Crippen LogP contribution in [-0.4, -0.2) is 35.0 Å². The quantitative estimate of drug-likeness (QED) is 0.499. The summed E-state index contributed by atoms with van der Waals surface area (Å²) in [6.45, 7) is 10.8. The maximum atomic E-state index is 7.62. The molecule has 7 heteroatoms. The lowest BCUT2D eigenvalue weighted by atomic mass is 10.3. The van der Waals surface area contributed by atoms with E-state index in [9.17, 15) is 0 Å². The first kappa shape index (κ1) is 17.4. The smallest absolute Gasteiger partial charge is 0.233 e. The van der Waals surface area contributed by atoms with Gasteiger partial charge in [-0.3, -0.25) is 4.90 Å². The molecule has 0 aliphatic heterocycles. The molecule has 0 aliphatic rings. The highest BCUT2D eigenvalue weighted by Crippen LogP contribution is 2.23. The number of nitrogens with zero attached hydrogens (tertiary/aromatic N) is 5. The van der Waals surface area contributed by atoms with Gasteiger partial charge in [-0.15, -0.1) is 0 Å². The fourth-order valence-corrected chi connectivity index (χ4v) is 2.48. The van der Waals surface area contributed by atoms with Crippen LogP contribution in [0.2, 0.25) is 19.6 Å². The highest BCUT2D eigenvalue weighted by molar-refractivity contribution is 6.69. The van der Waals surface area contributed by atoms with Gasteiger partial charge in [-0.25, -0.2) is 15.0 Å². The van der Waals surface area contributed by atoms with Crippen molar-refractivity contribution in [1.29, 1.82) is 0 Å². The van der Waals surface area contributed by atoms with Gasteiger partial charge < -0.3 is 4.43 Å². The number of aromatic nitrogens is 4. The summed E-state index contributed by atoms with van der Waals surface area (Å²) in [7, 11) is -1.70. The molecule has 0 N–H and O–H groups in total. The lowest BCUT2D eigenvalue weighted by Crippen LogP contribution is -2.33. The van der Waals surface area contributed by atoms with Crippen LogP contribution in [0.25, 0.3) is 11.2 Å². The Morgan fingerprint density at radius 2 is 1.80 bits per heavy atom. The van der Waals surface area contributed by atoms with Crippen LogP contribution in [0.4, 0.5) is 11.6 Å². The van der Waals surface area contributed by atoms with E-state index < -0.39 is 8.32 Å². The van der Waals surface area contributed by atoms with E-state index in [1.165, 1.54) is 6.20 Å². The number of anilines is 2. The number of rotatable bonds is 5. The molecule has 2 heterocycles. The van der Waals surface area contributed by atoms with Gasteiger partial charge in [-0.2, -0.15) is 4.98 Å². The molecule has 25 heavy (non-hydrogen) atoms. The van der Waals surface area contributed by atoms with E-state index in [2.05, 4.69) is 39.6 Å². The molecule has 0 radical (unpaired) electrons. The van der Waals surface area contributed by atoms with Gasteiger partial charge in [0, 0.05) is 18.1 Å². The summed E-state index contributed by atoms with van der Waals surface area (Å²) in [6.07, 6.45) is 3.08. The van der Waals surface area contributed by atoms with Gasteiger partial charge in [0.15, 0.2) is 14.0 Å². The van der Waals surface area contributed by atoms with Gasteiger partial charge in [0.1, 0.15) is 12.2 Å². The molecule has 0 saturated heterocycles. The van der Waals surface area contributed by atoms with Crippen molar-refractivity contribution in [3.63, 3.8) is 0 Å². The molecule has 0 unspecified atom stereocenters. The fraction of sp³-hybridized carbons (Fsp3) is 0.333. The van der Waals surface area contributed by atoms with E-state index in [-0.39, 0.29) is 6.17 Å². The van der Waals surface area contributed by atoms with Crippen molar-refractivity contribution in [3.05, 3.63) is 48.9 Å². The van der Waals surface area contributed by atoms with Gasteiger partial charge in [0.25, 0.3) is 0 Å². The molecule has 0 aliphatic carbocycles. The lowest BCUT2D eigenvalue weighted by molar-refractivity contribution is 0.319. The van der Waals surface area contributed by atoms with Gasteiger partial charge >= 0.3 is 0 Å². The minimum absolute atomic E-state index is 0.0803. The third-order valence-corrected chi connectivity index (χ3v) is 4.10. The van der Waals surface area contributed by atoms with E-state index >= 15 is 0 Å². The highest BCUT2D eigenvalue weighted by Gasteiger charge is 2.19. The van der Waals surface area contributed by atoms with E-state index in [0.29, 0.717) is 23.8 Å². The molecule has 0 amide bonds. The van der Waals surface area contributed by atoms with Crippen LogP contribution in [0, 0.1) is 0 Å². The molecule has 0 fully saturated rings. The molecule has 2 aromatic heterocycles. The van der Waals surface area contributed by atoms with Crippen LogP contribution < -0.4 is 4.90 Å². The van der Waals surface area contributed by atoms with E-state index in [0.717, 1.165) is 5.69 Å². The van der Waals surface area contributed by atoms with Crippen molar-refractivity contribution in [2.75, 3.05) is 11.6 Å². The van der Waals surface area contributed by atoms with Crippen molar-refractivity contribution in [2.45, 2.75) is 33.5 Å². The van der Waals surface area contributed by atoms with Crippen molar-refractivity contribution < 1.29 is 5.80 Å². The molecule has 1 aromatic carbocycles. The Kier molecular flexibility index (Phi) is 6.03. The number of para-hydroxylation sites is 1. The van der Waals surface area contributed by atoms with E-state index in [1.807, 2.05) is 49.1 Å². The zero-order valence-electron chi connectivity index (χ0n) is 16.4. The third-order valence-electron chi connectivity index (χ3n) is 3.11. The van der Waals surface area contributed by atoms with Crippen LogP contribution in [-0.2, 0) is 4.43 Å². The van der Waals surface area contributed by atoms with Gasteiger partial charge in [-0.05, 0) is 31.8 Å². The SMILES string of the molecule is CC.[2H]c1cnc2cnc(N(CO[Si](C)(C)C)c3ccccc3)nc2n1. The summed E-state index contributed by atoms with van der Waals surface area (Å²) in [5, 5.41) is 0. The highest BCUT2D eigenvalue weighted by atomic mass is 28.4. The monoisotopic (exact) mass is 356 g/mol. The molecule has 0 atom stereocenters. The molecule has 132 valence electrons. The van der Waals surface area contributed by atoms with Crippen molar-refractivity contribution >= 4 is 31.1 Å². The maximum Gasteiger partial charge on any atom is 0.233 e. The summed E-state index contributed by atoms with van der Waals surface area (Å²) in [5.41, 5.74) is 1.90. The number of fused-ring (bicyclic) bond motifs is 1. The first-order chi connectivity index (χ1) is 12.4. The lowest BCUT2D eigenvalue weighted by Gasteiger charge is -2.27. The van der Waals surface area contributed by atoms with Gasteiger partial charge in [0.2, 0.25) is 5.95 Å². The molecule has 3 aromatic rings. The van der Waals surface area contributed by atoms with E-state index in [4.69, 9.17) is 5.80 Å². The summed E-state index contributed by atoms with van der Waals surface area (Å²) in [6, 6.07) is 9.83. The average Bonchev–Trinajstić information content (AvgIpc) is 2.63. The minimum Gasteiger partial charge on any atom is -0.400 e. The van der Waals surface area contributed by atoms with Crippen LogP contribution >= 0.6 is 0 Å². The zero-order chi connectivity index (χ0) is 19.2. The third kappa shape index (κ3) is 5.30. The number of hydrogen-bond donors (Lipinski definition) is 0. The topological polar surface area (TPSA) is 64.0 Å². The predicted octanol–water partition coefficient (Wildman–Crippen LogP) is 4.39. The van der Waals surface area contributed by atoms with Crippen molar-refractivity contribution in [2.24, 2.45) is 0 Å². The number of benzene rings is 1. The standard InChI is InChI=1S/C16H19N5OSi.C2H6/c1-23(2,3)22-12-21(13-7-5-4-6-8-13)16-19-11-14-15(20-16)18-10-9-17-14;1-2/h4-11H,12H2,1-3H3;1-2H3/i10D;. The summed E-state index contributed by atoms with van der Waals surface area (Å²) in [4.78, 5) is 19.0. The Morgan fingerprint density at radius 1 is 1.08 bits per heavy atom. The fourth-order valence-electron chi connectivity index (χ4n) is 1.96. The second kappa shape index (κ2) is 8.64. The molecule has 0 saturated carbocycles. The Labute approximate surface area is 151 Å². The minimum atomic E-state index is -1.70. The van der Waals surface area contributed by atoms with Crippen LogP contribution in [0.3, 0.4) is 0 Å². The summed E-state index contributed by atoms with van der Waals surface area (Å²) in [5.74, 6) is 0.479. The number of hydrogen-bond acceptors (Lipinski definition) is 6. The molecular weight excluding hydrogens is 330 g/mol. The average molecular weight is 357 g/mol. The Balaban J connectivity index is 0.00000117. The van der Waals surface area contributed by atoms with Crippen LogP contribution in [0.1, 0.15) is 15.2 Å². The first-order valence-electron chi connectivity index (χ1n) is 8.85. The van der Waals surface area contributed by atoms with Crippen molar-refractivity contribution in [1.82, 2.24) is 19.9 Å². The van der Waals surface area contributed by atoms with Crippen LogP contribution in [0.5, 0.6) is 0 Å². The Hall–Kier alpha value is -2.38. The molecule has 0 spiro atoms.